The normalized spacial score (nSPS) is 18.3. The second-order valence-electron chi connectivity index (χ2n) is 4.28. The van der Waals surface area contributed by atoms with Gasteiger partial charge in [-0.05, 0) is 12.8 Å². The molecule has 0 unspecified atom stereocenters. The Morgan fingerprint density at radius 3 is 2.61 bits per heavy atom. The van der Waals surface area contributed by atoms with E-state index in [0.717, 1.165) is 12.4 Å². The van der Waals surface area contributed by atoms with Gasteiger partial charge in [-0.15, -0.1) is 0 Å². The Morgan fingerprint density at radius 1 is 1.44 bits per heavy atom. The Balaban J connectivity index is 2.01. The van der Waals surface area contributed by atoms with E-state index in [1.807, 2.05) is 0 Å². The zero-order valence-electron chi connectivity index (χ0n) is 9.73. The van der Waals surface area contributed by atoms with E-state index in [0.29, 0.717) is 26.1 Å². The molecule has 0 atom stereocenters. The summed E-state index contributed by atoms with van der Waals surface area (Å²) in [6.07, 6.45) is 2.95. The average Bonchev–Trinajstić information content (AvgIpc) is 2.39. The number of halogens is 1. The lowest BCUT2D eigenvalue weighted by Crippen LogP contribution is -2.42. The van der Waals surface area contributed by atoms with Crippen LogP contribution in [0.4, 0.5) is 10.3 Å². The number of hydrogen-bond donors (Lipinski definition) is 2. The van der Waals surface area contributed by atoms with Gasteiger partial charge < -0.3 is 15.2 Å². The van der Waals surface area contributed by atoms with Crippen molar-refractivity contribution in [2.24, 2.45) is 5.41 Å². The predicted octanol–water partition coefficient (Wildman–Crippen LogP) is 0.909. The molecule has 98 valence electrons. The van der Waals surface area contributed by atoms with Gasteiger partial charge >= 0.3 is 5.97 Å². The van der Waals surface area contributed by atoms with Crippen LogP contribution in [0.25, 0.3) is 0 Å². The molecule has 2 rings (SSSR count). The van der Waals surface area contributed by atoms with Crippen molar-refractivity contribution >= 4 is 11.9 Å². The molecular weight excluding hydrogens is 241 g/mol. The van der Waals surface area contributed by atoms with Gasteiger partial charge in [-0.1, -0.05) is 0 Å². The standard InChI is InChI=1S/C11H14FN3O3/c12-8-5-13-10(14-6-8)15-7-11(9(16)17)1-3-18-4-2-11/h5-6H,1-4,7H2,(H,16,17)(H,13,14,15). The third-order valence-electron chi connectivity index (χ3n) is 3.11. The van der Waals surface area contributed by atoms with E-state index in [9.17, 15) is 14.3 Å². The third kappa shape index (κ3) is 2.73. The minimum absolute atomic E-state index is 0.206. The van der Waals surface area contributed by atoms with E-state index < -0.39 is 17.2 Å². The number of carboxylic acids is 1. The molecule has 1 aromatic heterocycles. The summed E-state index contributed by atoms with van der Waals surface area (Å²) in [5.74, 6) is -1.16. The molecule has 0 spiro atoms. The highest BCUT2D eigenvalue weighted by atomic mass is 19.1. The van der Waals surface area contributed by atoms with Crippen LogP contribution in [0.1, 0.15) is 12.8 Å². The Hall–Kier alpha value is -1.76. The van der Waals surface area contributed by atoms with Crippen molar-refractivity contribution in [3.63, 3.8) is 0 Å². The zero-order valence-corrected chi connectivity index (χ0v) is 9.73. The lowest BCUT2D eigenvalue weighted by atomic mass is 9.80. The fourth-order valence-corrected chi connectivity index (χ4v) is 1.88. The summed E-state index contributed by atoms with van der Waals surface area (Å²) in [6.45, 7) is 1.06. The number of carbonyl (C=O) groups is 1. The van der Waals surface area contributed by atoms with Gasteiger partial charge in [0.15, 0.2) is 5.82 Å². The molecule has 0 bridgehead atoms. The van der Waals surface area contributed by atoms with Crippen LogP contribution in [0.3, 0.4) is 0 Å². The lowest BCUT2D eigenvalue weighted by molar-refractivity contribution is -0.153. The van der Waals surface area contributed by atoms with Gasteiger partial charge in [-0.2, -0.15) is 0 Å². The van der Waals surface area contributed by atoms with E-state index >= 15 is 0 Å². The number of aliphatic carboxylic acids is 1. The van der Waals surface area contributed by atoms with Crippen molar-refractivity contribution in [3.8, 4) is 0 Å². The van der Waals surface area contributed by atoms with Crippen LogP contribution < -0.4 is 5.32 Å². The first-order valence-electron chi connectivity index (χ1n) is 5.65. The van der Waals surface area contributed by atoms with E-state index in [1.165, 1.54) is 0 Å². The Bertz CT molecular complexity index is 418. The van der Waals surface area contributed by atoms with Crippen LogP contribution in [0, 0.1) is 11.2 Å². The number of aromatic nitrogens is 2. The van der Waals surface area contributed by atoms with Crippen molar-refractivity contribution in [3.05, 3.63) is 18.2 Å². The van der Waals surface area contributed by atoms with Crippen molar-refractivity contribution in [1.29, 1.82) is 0 Å². The van der Waals surface area contributed by atoms with E-state index in [2.05, 4.69) is 15.3 Å². The topological polar surface area (TPSA) is 84.3 Å². The number of ether oxygens (including phenoxy) is 1. The first-order chi connectivity index (χ1) is 8.62. The van der Waals surface area contributed by atoms with Gasteiger partial charge in [-0.3, -0.25) is 4.79 Å². The highest BCUT2D eigenvalue weighted by Crippen LogP contribution is 2.30. The molecule has 7 heteroatoms. The molecule has 0 amide bonds. The van der Waals surface area contributed by atoms with E-state index in [-0.39, 0.29) is 12.5 Å². The second kappa shape index (κ2) is 5.26. The highest BCUT2D eigenvalue weighted by Gasteiger charge is 2.40. The largest absolute Gasteiger partial charge is 0.481 e. The maximum Gasteiger partial charge on any atom is 0.311 e. The fraction of sp³-hybridized carbons (Fsp3) is 0.545. The molecule has 1 aromatic rings. The van der Waals surface area contributed by atoms with Gasteiger partial charge in [0.25, 0.3) is 0 Å². The fourth-order valence-electron chi connectivity index (χ4n) is 1.88. The molecule has 2 heterocycles. The van der Waals surface area contributed by atoms with Gasteiger partial charge in [-0.25, -0.2) is 14.4 Å². The van der Waals surface area contributed by atoms with Crippen LogP contribution in [-0.2, 0) is 9.53 Å². The summed E-state index contributed by atoms with van der Waals surface area (Å²) < 4.78 is 17.8. The molecule has 18 heavy (non-hydrogen) atoms. The molecule has 6 nitrogen and oxygen atoms in total. The van der Waals surface area contributed by atoms with Gasteiger partial charge in [0.2, 0.25) is 5.95 Å². The van der Waals surface area contributed by atoms with E-state index in [4.69, 9.17) is 4.74 Å². The molecule has 0 saturated carbocycles. The van der Waals surface area contributed by atoms with Crippen molar-refractivity contribution in [2.75, 3.05) is 25.1 Å². The molecular formula is C11H14FN3O3. The molecule has 1 aliphatic heterocycles. The maximum absolute atomic E-state index is 12.6. The smallest absolute Gasteiger partial charge is 0.311 e. The summed E-state index contributed by atoms with van der Waals surface area (Å²) in [4.78, 5) is 18.8. The summed E-state index contributed by atoms with van der Waals surface area (Å²) in [6, 6.07) is 0. The van der Waals surface area contributed by atoms with Gasteiger partial charge in [0.05, 0.1) is 17.8 Å². The van der Waals surface area contributed by atoms with Crippen LogP contribution in [0.5, 0.6) is 0 Å². The summed E-state index contributed by atoms with van der Waals surface area (Å²) in [5.41, 5.74) is -0.865. The van der Waals surface area contributed by atoms with Crippen molar-refractivity contribution in [2.45, 2.75) is 12.8 Å². The molecule has 1 fully saturated rings. The molecule has 2 N–H and O–H groups in total. The number of anilines is 1. The SMILES string of the molecule is O=C(O)C1(CNc2ncc(F)cn2)CCOCC1. The Labute approximate surface area is 103 Å². The second-order valence-corrected chi connectivity index (χ2v) is 4.28. The predicted molar refractivity (Wildman–Crippen MR) is 60.6 cm³/mol. The Kier molecular flexibility index (Phi) is 3.71. The molecule has 0 aliphatic carbocycles. The van der Waals surface area contributed by atoms with Crippen molar-refractivity contribution < 1.29 is 19.0 Å². The maximum atomic E-state index is 12.6. The van der Waals surface area contributed by atoms with Crippen LogP contribution in [0.2, 0.25) is 0 Å². The van der Waals surface area contributed by atoms with Gasteiger partial charge in [0.1, 0.15) is 0 Å². The van der Waals surface area contributed by atoms with Gasteiger partial charge in [0, 0.05) is 19.8 Å². The van der Waals surface area contributed by atoms with Crippen molar-refractivity contribution in [1.82, 2.24) is 9.97 Å². The summed E-state index contributed by atoms with van der Waals surface area (Å²) >= 11 is 0. The van der Waals surface area contributed by atoms with E-state index in [1.54, 1.807) is 0 Å². The third-order valence-corrected chi connectivity index (χ3v) is 3.11. The Morgan fingerprint density at radius 2 is 2.06 bits per heavy atom. The monoisotopic (exact) mass is 255 g/mol. The van der Waals surface area contributed by atoms with Crippen LogP contribution in [-0.4, -0.2) is 40.8 Å². The first-order valence-corrected chi connectivity index (χ1v) is 5.65. The average molecular weight is 255 g/mol. The summed E-state index contributed by atoms with van der Waals surface area (Å²) in [7, 11) is 0. The zero-order chi connectivity index (χ0) is 13.0. The number of rotatable bonds is 4. The molecule has 0 aromatic carbocycles. The molecule has 1 aliphatic rings. The highest BCUT2D eigenvalue weighted by molar-refractivity contribution is 5.75. The summed E-state index contributed by atoms with van der Waals surface area (Å²) in [5, 5.41) is 12.2. The van der Waals surface area contributed by atoms with Crippen LogP contribution >= 0.6 is 0 Å². The number of nitrogens with zero attached hydrogens (tertiary/aromatic N) is 2. The van der Waals surface area contributed by atoms with Crippen LogP contribution in [0.15, 0.2) is 12.4 Å². The number of carboxylic acid groups (broad SMARTS) is 1. The number of nitrogens with one attached hydrogen (secondary N) is 1. The quantitative estimate of drug-likeness (QED) is 0.831. The molecule has 0 radical (unpaired) electrons. The minimum Gasteiger partial charge on any atom is -0.481 e. The lowest BCUT2D eigenvalue weighted by Gasteiger charge is -2.33. The number of hydrogen-bond acceptors (Lipinski definition) is 5. The molecule has 1 saturated heterocycles. The minimum atomic E-state index is -0.865. The first kappa shape index (κ1) is 12.7.